The van der Waals surface area contributed by atoms with E-state index >= 15 is 0 Å². The molecule has 0 saturated carbocycles. The average Bonchev–Trinajstić information content (AvgIpc) is 2.66. The van der Waals surface area contributed by atoms with Crippen LogP contribution in [-0.4, -0.2) is 32.1 Å². The minimum Gasteiger partial charge on any atom is -0.480 e. The topological polar surface area (TPSA) is 80.0 Å². The maximum absolute atomic E-state index is 10.4. The maximum atomic E-state index is 10.4. The molecule has 1 rings (SSSR count). The minimum absolute atomic E-state index is 0.141. The zero-order chi connectivity index (χ0) is 12.0. The molecule has 0 aliphatic carbocycles. The molecule has 1 aromatic rings. The molecule has 0 fully saturated rings. The molecule has 0 radical (unpaired) electrons. The first-order valence-electron chi connectivity index (χ1n) is 5.49. The van der Waals surface area contributed by atoms with Crippen molar-refractivity contribution in [3.05, 3.63) is 11.9 Å². The third kappa shape index (κ3) is 3.98. The number of carboxylic acids is 1. The van der Waals surface area contributed by atoms with Crippen LogP contribution in [0.1, 0.15) is 32.4 Å². The standard InChI is InChI=1S/C10H18N4O2/c1-3-8(4-2)11-5-9-6-14(13-12-9)7-10(15)16/h6,8,11H,3-5,7H2,1-2H3,(H,15,16). The quantitative estimate of drug-likeness (QED) is 0.713. The zero-order valence-corrected chi connectivity index (χ0v) is 9.68. The normalized spacial score (nSPS) is 10.9. The van der Waals surface area contributed by atoms with Crippen LogP contribution in [0.15, 0.2) is 6.20 Å². The van der Waals surface area contributed by atoms with Crippen molar-refractivity contribution >= 4 is 5.97 Å². The van der Waals surface area contributed by atoms with E-state index in [1.165, 1.54) is 4.68 Å². The van der Waals surface area contributed by atoms with Crippen molar-refractivity contribution in [1.82, 2.24) is 20.3 Å². The van der Waals surface area contributed by atoms with Crippen LogP contribution in [0.5, 0.6) is 0 Å². The first-order chi connectivity index (χ1) is 7.65. The highest BCUT2D eigenvalue weighted by molar-refractivity contribution is 5.66. The summed E-state index contributed by atoms with van der Waals surface area (Å²) >= 11 is 0. The smallest absolute Gasteiger partial charge is 0.325 e. The number of hydrogen-bond donors (Lipinski definition) is 2. The van der Waals surface area contributed by atoms with E-state index < -0.39 is 5.97 Å². The van der Waals surface area contributed by atoms with E-state index in [9.17, 15) is 4.79 Å². The molecule has 0 aliphatic heterocycles. The summed E-state index contributed by atoms with van der Waals surface area (Å²) in [6.07, 6.45) is 3.79. The Morgan fingerprint density at radius 3 is 2.81 bits per heavy atom. The fraction of sp³-hybridized carbons (Fsp3) is 0.700. The Kier molecular flexibility index (Phi) is 4.91. The molecule has 0 unspecified atom stereocenters. The molecule has 0 bridgehead atoms. The van der Waals surface area contributed by atoms with Crippen molar-refractivity contribution in [3.8, 4) is 0 Å². The molecule has 0 atom stereocenters. The van der Waals surface area contributed by atoms with Gasteiger partial charge in [-0.05, 0) is 12.8 Å². The van der Waals surface area contributed by atoms with Gasteiger partial charge >= 0.3 is 5.97 Å². The van der Waals surface area contributed by atoms with Gasteiger partial charge < -0.3 is 10.4 Å². The van der Waals surface area contributed by atoms with Crippen LogP contribution in [-0.2, 0) is 17.9 Å². The maximum Gasteiger partial charge on any atom is 0.325 e. The molecule has 16 heavy (non-hydrogen) atoms. The molecule has 0 spiro atoms. The first-order valence-corrected chi connectivity index (χ1v) is 5.49. The lowest BCUT2D eigenvalue weighted by Gasteiger charge is -2.12. The molecule has 6 heteroatoms. The van der Waals surface area contributed by atoms with E-state index in [0.29, 0.717) is 12.6 Å². The fourth-order valence-corrected chi connectivity index (χ4v) is 1.46. The lowest BCUT2D eigenvalue weighted by Crippen LogP contribution is -2.27. The van der Waals surface area contributed by atoms with Crippen LogP contribution in [0.4, 0.5) is 0 Å². The summed E-state index contributed by atoms with van der Waals surface area (Å²) in [6.45, 7) is 4.74. The van der Waals surface area contributed by atoms with Gasteiger partial charge in [0.2, 0.25) is 0 Å². The van der Waals surface area contributed by atoms with Crippen molar-refractivity contribution in [1.29, 1.82) is 0 Å². The van der Waals surface area contributed by atoms with Gasteiger partial charge in [0.1, 0.15) is 6.54 Å². The molecule has 0 aliphatic rings. The number of aliphatic carboxylic acids is 1. The molecular formula is C10H18N4O2. The molecule has 1 heterocycles. The highest BCUT2D eigenvalue weighted by atomic mass is 16.4. The van der Waals surface area contributed by atoms with Crippen molar-refractivity contribution in [2.45, 2.75) is 45.8 Å². The van der Waals surface area contributed by atoms with E-state index in [1.54, 1.807) is 6.20 Å². The van der Waals surface area contributed by atoms with E-state index in [4.69, 9.17) is 5.11 Å². The summed E-state index contributed by atoms with van der Waals surface area (Å²) in [6, 6.07) is 0.477. The van der Waals surface area contributed by atoms with Crippen molar-refractivity contribution in [3.63, 3.8) is 0 Å². The number of carbonyl (C=O) groups is 1. The van der Waals surface area contributed by atoms with Gasteiger partial charge in [0.15, 0.2) is 0 Å². The predicted molar refractivity (Wildman–Crippen MR) is 58.9 cm³/mol. The molecule has 0 amide bonds. The second-order valence-corrected chi connectivity index (χ2v) is 3.70. The predicted octanol–water partition coefficient (Wildman–Crippen LogP) is 0.641. The number of carboxylic acid groups (broad SMARTS) is 1. The second kappa shape index (κ2) is 6.22. The number of nitrogens with one attached hydrogen (secondary N) is 1. The van der Waals surface area contributed by atoms with Crippen LogP contribution < -0.4 is 5.32 Å². The third-order valence-corrected chi connectivity index (χ3v) is 2.44. The largest absolute Gasteiger partial charge is 0.480 e. The summed E-state index contributed by atoms with van der Waals surface area (Å²) < 4.78 is 1.33. The van der Waals surface area contributed by atoms with Gasteiger partial charge in [-0.25, -0.2) is 4.68 Å². The van der Waals surface area contributed by atoms with Gasteiger partial charge in [-0.3, -0.25) is 4.79 Å². The van der Waals surface area contributed by atoms with Gasteiger partial charge in [-0.1, -0.05) is 19.1 Å². The highest BCUT2D eigenvalue weighted by Gasteiger charge is 2.06. The molecule has 90 valence electrons. The SMILES string of the molecule is CCC(CC)NCc1cn(CC(=O)O)nn1. The average molecular weight is 226 g/mol. The summed E-state index contributed by atoms with van der Waals surface area (Å²) in [7, 11) is 0. The lowest BCUT2D eigenvalue weighted by molar-refractivity contribution is -0.137. The molecular weight excluding hydrogens is 208 g/mol. The summed E-state index contributed by atoms with van der Waals surface area (Å²) in [5, 5.41) is 19.5. The van der Waals surface area contributed by atoms with Crippen molar-refractivity contribution in [2.75, 3.05) is 0 Å². The van der Waals surface area contributed by atoms with E-state index in [1.807, 2.05) is 0 Å². The Morgan fingerprint density at radius 2 is 2.25 bits per heavy atom. The van der Waals surface area contributed by atoms with Gasteiger partial charge in [-0.2, -0.15) is 0 Å². The number of aromatic nitrogens is 3. The summed E-state index contributed by atoms with van der Waals surface area (Å²) in [4.78, 5) is 10.4. The number of nitrogens with zero attached hydrogens (tertiary/aromatic N) is 3. The van der Waals surface area contributed by atoms with E-state index in [-0.39, 0.29) is 6.54 Å². The van der Waals surface area contributed by atoms with Crippen LogP contribution >= 0.6 is 0 Å². The fourth-order valence-electron chi connectivity index (χ4n) is 1.46. The number of rotatable bonds is 7. The Balaban J connectivity index is 2.42. The van der Waals surface area contributed by atoms with E-state index in [2.05, 4.69) is 29.5 Å². The third-order valence-electron chi connectivity index (χ3n) is 2.44. The summed E-state index contributed by atoms with van der Waals surface area (Å²) in [5.74, 6) is -0.913. The zero-order valence-electron chi connectivity index (χ0n) is 9.68. The number of hydrogen-bond acceptors (Lipinski definition) is 4. The molecule has 0 saturated heterocycles. The van der Waals surface area contributed by atoms with Crippen LogP contribution in [0.3, 0.4) is 0 Å². The van der Waals surface area contributed by atoms with Crippen LogP contribution in [0.2, 0.25) is 0 Å². The van der Waals surface area contributed by atoms with E-state index in [0.717, 1.165) is 18.5 Å². The molecule has 2 N–H and O–H groups in total. The van der Waals surface area contributed by atoms with Crippen LogP contribution in [0, 0.1) is 0 Å². The van der Waals surface area contributed by atoms with Gasteiger partial charge in [-0.15, -0.1) is 5.10 Å². The Bertz CT molecular complexity index is 333. The molecule has 6 nitrogen and oxygen atoms in total. The monoisotopic (exact) mass is 226 g/mol. The van der Waals surface area contributed by atoms with Gasteiger partial charge in [0.25, 0.3) is 0 Å². The molecule has 0 aromatic carbocycles. The Morgan fingerprint density at radius 1 is 1.56 bits per heavy atom. The van der Waals surface area contributed by atoms with Crippen molar-refractivity contribution in [2.24, 2.45) is 0 Å². The minimum atomic E-state index is -0.913. The van der Waals surface area contributed by atoms with Crippen molar-refractivity contribution < 1.29 is 9.90 Å². The van der Waals surface area contributed by atoms with Gasteiger partial charge in [0, 0.05) is 12.6 Å². The second-order valence-electron chi connectivity index (χ2n) is 3.70. The highest BCUT2D eigenvalue weighted by Crippen LogP contribution is 1.99. The summed E-state index contributed by atoms with van der Waals surface area (Å²) in [5.41, 5.74) is 0.771. The lowest BCUT2D eigenvalue weighted by atomic mass is 10.2. The van der Waals surface area contributed by atoms with Crippen LogP contribution in [0.25, 0.3) is 0 Å². The Labute approximate surface area is 94.7 Å². The van der Waals surface area contributed by atoms with Gasteiger partial charge in [0.05, 0.1) is 11.9 Å². The Hall–Kier alpha value is -1.43. The first kappa shape index (κ1) is 12.6. The molecule has 1 aromatic heterocycles.